The number of nitrogens with two attached hydrogens (primary N) is 2. The topological polar surface area (TPSA) is 104 Å². The van der Waals surface area contributed by atoms with Crippen molar-refractivity contribution in [1.82, 2.24) is 19.2 Å². The quantitative estimate of drug-likeness (QED) is 0.509. The van der Waals surface area contributed by atoms with Crippen molar-refractivity contribution in [2.45, 2.75) is 0 Å². The fraction of sp³-hybridized carbons (Fsp3) is 0.286. The summed E-state index contributed by atoms with van der Waals surface area (Å²) in [5.41, 5.74) is 10.3. The van der Waals surface area contributed by atoms with E-state index in [1.165, 1.54) is 6.33 Å². The number of nitrogen functional groups attached to an aromatic ring is 2. The maximum atomic E-state index is 11.4. The molecule has 0 amide bonds. The zero-order valence-corrected chi connectivity index (χ0v) is 9.27. The van der Waals surface area contributed by atoms with E-state index in [2.05, 4.69) is 22.7 Å². The van der Waals surface area contributed by atoms with Crippen LogP contribution in [0.15, 0.2) is 11.1 Å². The van der Waals surface area contributed by atoms with E-state index in [1.54, 1.807) is 17.9 Å². The van der Waals surface area contributed by atoms with Crippen LogP contribution in [-0.2, 0) is 7.05 Å². The van der Waals surface area contributed by atoms with Crippen LogP contribution in [0.25, 0.3) is 5.78 Å². The third-order valence-corrected chi connectivity index (χ3v) is 1.76. The van der Waals surface area contributed by atoms with Gasteiger partial charge in [0.1, 0.15) is 12.0 Å². The molecule has 0 radical (unpaired) electrons. The highest BCUT2D eigenvalue weighted by atomic mass is 32.1. The molecule has 0 spiro atoms. The maximum Gasteiger partial charge on any atom is 0.301 e. The van der Waals surface area contributed by atoms with Gasteiger partial charge in [0.2, 0.25) is 5.78 Å². The number of anilines is 2. The fourth-order valence-corrected chi connectivity index (χ4v) is 1.04. The molecule has 0 unspecified atom stereocenters. The summed E-state index contributed by atoms with van der Waals surface area (Å²) in [5.74, 6) is 0.408. The Kier molecular flexibility index (Phi) is 3.20. The number of hydrogen-bond donors (Lipinski definition) is 3. The summed E-state index contributed by atoms with van der Waals surface area (Å²) < 4.78 is 2.68. The molecule has 15 heavy (non-hydrogen) atoms. The average molecular weight is 228 g/mol. The molecule has 0 saturated heterocycles. The smallest absolute Gasteiger partial charge is 0.301 e. The number of hydrogen-bond acceptors (Lipinski definition) is 6. The van der Waals surface area contributed by atoms with Crippen molar-refractivity contribution < 1.29 is 0 Å². The minimum Gasteiger partial charge on any atom is -0.391 e. The number of thiol groups is 1. The van der Waals surface area contributed by atoms with Crippen LogP contribution in [0.3, 0.4) is 0 Å². The number of fused-ring (bicyclic) bond motifs is 1. The summed E-state index contributed by atoms with van der Waals surface area (Å²) in [4.78, 5) is 15.3. The molecule has 0 aliphatic heterocycles. The van der Waals surface area contributed by atoms with Gasteiger partial charge >= 0.3 is 5.56 Å². The summed E-state index contributed by atoms with van der Waals surface area (Å²) in [6.45, 7) is 0. The van der Waals surface area contributed by atoms with Crippen molar-refractivity contribution in [3.05, 3.63) is 16.7 Å². The monoisotopic (exact) mass is 228 g/mol. The Morgan fingerprint density at radius 3 is 2.60 bits per heavy atom. The Hall–Kier alpha value is -1.70. The minimum atomic E-state index is -0.442. The second kappa shape index (κ2) is 4.22. The van der Waals surface area contributed by atoms with Crippen molar-refractivity contribution in [3.63, 3.8) is 0 Å². The average Bonchev–Trinajstić information content (AvgIpc) is 2.61. The first-order valence-corrected chi connectivity index (χ1v) is 4.90. The molecule has 2 aromatic heterocycles. The number of rotatable bonds is 0. The molecule has 2 aromatic rings. The highest BCUT2D eigenvalue weighted by molar-refractivity contribution is 7.79. The normalized spacial score (nSPS) is 9.80. The van der Waals surface area contributed by atoms with Crippen LogP contribution in [-0.4, -0.2) is 25.4 Å². The molecule has 0 saturated carbocycles. The van der Waals surface area contributed by atoms with E-state index < -0.39 is 5.56 Å². The van der Waals surface area contributed by atoms with Crippen LogP contribution in [0.4, 0.5) is 11.5 Å². The molecule has 0 aliphatic carbocycles. The second-order valence-corrected chi connectivity index (χ2v) is 2.67. The van der Waals surface area contributed by atoms with Gasteiger partial charge in [-0.25, -0.2) is 0 Å². The zero-order chi connectivity index (χ0) is 11.6. The Labute approximate surface area is 91.1 Å². The van der Waals surface area contributed by atoms with Gasteiger partial charge in [0.15, 0.2) is 5.82 Å². The highest BCUT2D eigenvalue weighted by Crippen LogP contribution is 2.05. The van der Waals surface area contributed by atoms with Crippen molar-refractivity contribution in [2.75, 3.05) is 17.7 Å². The molecule has 0 fully saturated rings. The predicted molar refractivity (Wildman–Crippen MR) is 62.0 cm³/mol. The van der Waals surface area contributed by atoms with Gasteiger partial charge in [0, 0.05) is 7.05 Å². The second-order valence-electron chi connectivity index (χ2n) is 2.67. The largest absolute Gasteiger partial charge is 0.391 e. The molecule has 0 bridgehead atoms. The lowest BCUT2D eigenvalue weighted by atomic mass is 10.5. The van der Waals surface area contributed by atoms with E-state index in [0.29, 0.717) is 5.78 Å². The Bertz CT molecular complexity index is 530. The molecular formula is C7H12N6OS. The van der Waals surface area contributed by atoms with Crippen LogP contribution < -0.4 is 17.0 Å². The maximum absolute atomic E-state index is 11.4. The van der Waals surface area contributed by atoms with E-state index in [1.807, 2.05) is 0 Å². The van der Waals surface area contributed by atoms with Gasteiger partial charge in [0.05, 0.1) is 0 Å². The van der Waals surface area contributed by atoms with E-state index in [-0.39, 0.29) is 11.5 Å². The summed E-state index contributed by atoms with van der Waals surface area (Å²) >= 11 is 3.53. The van der Waals surface area contributed by atoms with Crippen LogP contribution >= 0.6 is 12.6 Å². The first-order chi connectivity index (χ1) is 7.11. The third kappa shape index (κ3) is 1.75. The fourth-order valence-electron chi connectivity index (χ4n) is 1.04. The first kappa shape index (κ1) is 11.4. The van der Waals surface area contributed by atoms with Crippen molar-refractivity contribution >= 4 is 29.9 Å². The van der Waals surface area contributed by atoms with E-state index in [4.69, 9.17) is 11.5 Å². The first-order valence-electron chi connectivity index (χ1n) is 4.01. The van der Waals surface area contributed by atoms with E-state index in [0.717, 1.165) is 4.52 Å². The molecular weight excluding hydrogens is 216 g/mol. The third-order valence-electron chi connectivity index (χ3n) is 1.76. The summed E-state index contributed by atoms with van der Waals surface area (Å²) in [5, 5.41) is 3.79. The summed E-state index contributed by atoms with van der Waals surface area (Å²) in [6.07, 6.45) is 3.16. The highest BCUT2D eigenvalue weighted by Gasteiger charge is 2.09. The molecule has 0 aromatic carbocycles. The zero-order valence-electron chi connectivity index (χ0n) is 8.38. The van der Waals surface area contributed by atoms with Crippen LogP contribution in [0.2, 0.25) is 0 Å². The lowest BCUT2D eigenvalue weighted by Crippen LogP contribution is -2.21. The molecule has 0 aliphatic rings. The SMILES string of the molecule is CS.Cn1cnn2c(=O)c(N)c(N)nc12. The van der Waals surface area contributed by atoms with Crippen molar-refractivity contribution in [2.24, 2.45) is 7.05 Å². The standard InChI is InChI=1S/C6H8N6O.CH4S/c1-11-2-9-12-5(13)3(7)4(8)10-6(11)12;1-2/h2H,7-8H2,1H3;2H,1H3. The van der Waals surface area contributed by atoms with Gasteiger partial charge in [-0.3, -0.25) is 4.79 Å². The molecule has 2 heterocycles. The Morgan fingerprint density at radius 1 is 1.40 bits per heavy atom. The van der Waals surface area contributed by atoms with Crippen molar-refractivity contribution in [1.29, 1.82) is 0 Å². The van der Waals surface area contributed by atoms with Gasteiger partial charge in [-0.2, -0.15) is 27.2 Å². The number of aryl methyl sites for hydroxylation is 1. The van der Waals surface area contributed by atoms with Crippen molar-refractivity contribution in [3.8, 4) is 0 Å². The van der Waals surface area contributed by atoms with E-state index >= 15 is 0 Å². The summed E-state index contributed by atoms with van der Waals surface area (Å²) in [6, 6.07) is 0. The predicted octanol–water partition coefficient (Wildman–Crippen LogP) is -0.862. The number of nitrogens with zero attached hydrogens (tertiary/aromatic N) is 4. The van der Waals surface area contributed by atoms with Gasteiger partial charge in [-0.1, -0.05) is 0 Å². The van der Waals surface area contributed by atoms with Crippen LogP contribution in [0.5, 0.6) is 0 Å². The lowest BCUT2D eigenvalue weighted by molar-refractivity contribution is 0.898. The van der Waals surface area contributed by atoms with Gasteiger partial charge in [-0.15, -0.1) is 0 Å². The molecule has 7 nitrogen and oxygen atoms in total. The van der Waals surface area contributed by atoms with Crippen LogP contribution in [0, 0.1) is 0 Å². The lowest BCUT2D eigenvalue weighted by Gasteiger charge is -1.98. The van der Waals surface area contributed by atoms with Crippen LogP contribution in [0.1, 0.15) is 0 Å². The van der Waals surface area contributed by atoms with Gasteiger partial charge in [-0.05, 0) is 6.26 Å². The van der Waals surface area contributed by atoms with Gasteiger partial charge in [0.25, 0.3) is 0 Å². The molecule has 82 valence electrons. The Balaban J connectivity index is 0.000000531. The molecule has 8 heteroatoms. The minimum absolute atomic E-state index is 0.0357. The summed E-state index contributed by atoms with van der Waals surface area (Å²) in [7, 11) is 1.71. The molecule has 2 rings (SSSR count). The molecule has 4 N–H and O–H groups in total. The molecule has 0 atom stereocenters. The van der Waals surface area contributed by atoms with E-state index in [9.17, 15) is 4.79 Å². The van der Waals surface area contributed by atoms with Gasteiger partial charge < -0.3 is 16.0 Å². The number of aromatic nitrogens is 4. The Morgan fingerprint density at radius 2 is 2.00 bits per heavy atom.